The SMILES string of the molecule is CC(C)COc1cc(C(N)=O)ccc1N. The third-order valence-electron chi connectivity index (χ3n) is 1.87. The molecule has 82 valence electrons. The van der Waals surface area contributed by atoms with Crippen molar-refractivity contribution >= 4 is 11.6 Å². The van der Waals surface area contributed by atoms with Crippen molar-refractivity contribution in [3.05, 3.63) is 23.8 Å². The summed E-state index contributed by atoms with van der Waals surface area (Å²) in [5, 5.41) is 0. The van der Waals surface area contributed by atoms with E-state index >= 15 is 0 Å². The zero-order valence-electron chi connectivity index (χ0n) is 8.99. The average molecular weight is 208 g/mol. The molecule has 1 amide bonds. The highest BCUT2D eigenvalue weighted by Crippen LogP contribution is 2.23. The van der Waals surface area contributed by atoms with Crippen molar-refractivity contribution in [2.45, 2.75) is 13.8 Å². The van der Waals surface area contributed by atoms with Gasteiger partial charge in [-0.25, -0.2) is 0 Å². The lowest BCUT2D eigenvalue weighted by Gasteiger charge is -2.11. The largest absolute Gasteiger partial charge is 0.491 e. The first-order valence-corrected chi connectivity index (χ1v) is 4.83. The number of primary amides is 1. The number of nitrogens with two attached hydrogens (primary N) is 2. The van der Waals surface area contributed by atoms with Crippen LogP contribution in [0.3, 0.4) is 0 Å². The average Bonchev–Trinajstić information content (AvgIpc) is 2.16. The Morgan fingerprint density at radius 3 is 2.67 bits per heavy atom. The molecule has 0 aliphatic carbocycles. The molecule has 0 radical (unpaired) electrons. The van der Waals surface area contributed by atoms with E-state index in [2.05, 4.69) is 0 Å². The lowest BCUT2D eigenvalue weighted by atomic mass is 10.2. The van der Waals surface area contributed by atoms with Crippen LogP contribution < -0.4 is 16.2 Å². The molecule has 0 heterocycles. The Morgan fingerprint density at radius 2 is 2.13 bits per heavy atom. The molecule has 1 aromatic rings. The molecule has 0 aromatic heterocycles. The van der Waals surface area contributed by atoms with Gasteiger partial charge in [0.15, 0.2) is 0 Å². The van der Waals surface area contributed by atoms with Crippen molar-refractivity contribution in [2.75, 3.05) is 12.3 Å². The summed E-state index contributed by atoms with van der Waals surface area (Å²) >= 11 is 0. The summed E-state index contributed by atoms with van der Waals surface area (Å²) < 4.78 is 5.46. The van der Waals surface area contributed by atoms with Crippen LogP contribution in [-0.2, 0) is 0 Å². The molecule has 1 rings (SSSR count). The maximum absolute atomic E-state index is 10.9. The molecule has 4 nitrogen and oxygen atoms in total. The van der Waals surface area contributed by atoms with Gasteiger partial charge in [0.1, 0.15) is 5.75 Å². The minimum atomic E-state index is -0.482. The van der Waals surface area contributed by atoms with E-state index in [1.807, 2.05) is 13.8 Å². The lowest BCUT2D eigenvalue weighted by molar-refractivity contribution is 0.1000. The van der Waals surface area contributed by atoms with Gasteiger partial charge >= 0.3 is 0 Å². The van der Waals surface area contributed by atoms with Crippen LogP contribution in [0.5, 0.6) is 5.75 Å². The van der Waals surface area contributed by atoms with Gasteiger partial charge in [0.2, 0.25) is 5.91 Å². The predicted octanol–water partition coefficient (Wildman–Crippen LogP) is 1.40. The molecular weight excluding hydrogens is 192 g/mol. The summed E-state index contributed by atoms with van der Waals surface area (Å²) in [5.74, 6) is 0.436. The number of hydrogen-bond acceptors (Lipinski definition) is 3. The summed E-state index contributed by atoms with van der Waals surface area (Å²) in [7, 11) is 0. The third kappa shape index (κ3) is 3.16. The second-order valence-electron chi connectivity index (χ2n) is 3.82. The molecular formula is C11H16N2O2. The van der Waals surface area contributed by atoms with Crippen LogP contribution in [0.4, 0.5) is 5.69 Å². The number of rotatable bonds is 4. The molecule has 0 unspecified atom stereocenters. The van der Waals surface area contributed by atoms with Crippen LogP contribution in [-0.4, -0.2) is 12.5 Å². The highest BCUT2D eigenvalue weighted by Gasteiger charge is 2.06. The van der Waals surface area contributed by atoms with Crippen molar-refractivity contribution < 1.29 is 9.53 Å². The Balaban J connectivity index is 2.85. The maximum Gasteiger partial charge on any atom is 0.248 e. The smallest absolute Gasteiger partial charge is 0.248 e. The van der Waals surface area contributed by atoms with Crippen LogP contribution in [0.1, 0.15) is 24.2 Å². The number of carbonyl (C=O) groups excluding carboxylic acids is 1. The fourth-order valence-electron chi connectivity index (χ4n) is 1.07. The minimum absolute atomic E-state index is 0.404. The second kappa shape index (κ2) is 4.68. The first-order valence-electron chi connectivity index (χ1n) is 4.83. The van der Waals surface area contributed by atoms with Gasteiger partial charge in [0.25, 0.3) is 0 Å². The highest BCUT2D eigenvalue weighted by molar-refractivity contribution is 5.93. The first-order chi connectivity index (χ1) is 7.00. The molecule has 0 aliphatic rings. The third-order valence-corrected chi connectivity index (χ3v) is 1.87. The Kier molecular flexibility index (Phi) is 3.55. The van der Waals surface area contributed by atoms with Crippen molar-refractivity contribution in [3.8, 4) is 5.75 Å². The quantitative estimate of drug-likeness (QED) is 0.734. The summed E-state index contributed by atoms with van der Waals surface area (Å²) in [4.78, 5) is 10.9. The molecule has 0 bridgehead atoms. The van der Waals surface area contributed by atoms with Crippen LogP contribution in [0.25, 0.3) is 0 Å². The number of hydrogen-bond donors (Lipinski definition) is 2. The van der Waals surface area contributed by atoms with E-state index < -0.39 is 5.91 Å². The Labute approximate surface area is 89.2 Å². The fraction of sp³-hybridized carbons (Fsp3) is 0.364. The molecule has 0 fully saturated rings. The molecule has 15 heavy (non-hydrogen) atoms. The van der Waals surface area contributed by atoms with E-state index in [1.165, 1.54) is 0 Å². The number of carbonyl (C=O) groups is 1. The monoisotopic (exact) mass is 208 g/mol. The van der Waals surface area contributed by atoms with Crippen molar-refractivity contribution in [2.24, 2.45) is 11.7 Å². The fourth-order valence-corrected chi connectivity index (χ4v) is 1.07. The van der Waals surface area contributed by atoms with E-state index in [1.54, 1.807) is 18.2 Å². The molecule has 4 N–H and O–H groups in total. The van der Waals surface area contributed by atoms with Gasteiger partial charge in [-0.3, -0.25) is 4.79 Å². The zero-order valence-corrected chi connectivity index (χ0v) is 8.99. The molecule has 0 saturated heterocycles. The normalized spacial score (nSPS) is 10.3. The molecule has 4 heteroatoms. The van der Waals surface area contributed by atoms with Gasteiger partial charge < -0.3 is 16.2 Å². The molecule has 0 atom stereocenters. The van der Waals surface area contributed by atoms with Gasteiger partial charge in [-0.2, -0.15) is 0 Å². The summed E-state index contributed by atoms with van der Waals surface area (Å²) in [6.07, 6.45) is 0. The molecule has 1 aromatic carbocycles. The first kappa shape index (κ1) is 11.4. The predicted molar refractivity (Wildman–Crippen MR) is 59.7 cm³/mol. The molecule has 0 saturated carbocycles. The number of ether oxygens (including phenoxy) is 1. The van der Waals surface area contributed by atoms with Crippen LogP contribution in [0.15, 0.2) is 18.2 Å². The lowest BCUT2D eigenvalue weighted by Crippen LogP contribution is -2.12. The Bertz CT molecular complexity index is 362. The van der Waals surface area contributed by atoms with Crippen molar-refractivity contribution in [1.29, 1.82) is 0 Å². The Hall–Kier alpha value is -1.71. The molecule has 0 aliphatic heterocycles. The van der Waals surface area contributed by atoms with E-state index in [-0.39, 0.29) is 0 Å². The van der Waals surface area contributed by atoms with Crippen LogP contribution in [0, 0.1) is 5.92 Å². The topological polar surface area (TPSA) is 78.3 Å². The number of benzene rings is 1. The highest BCUT2D eigenvalue weighted by atomic mass is 16.5. The second-order valence-corrected chi connectivity index (χ2v) is 3.82. The van der Waals surface area contributed by atoms with E-state index in [4.69, 9.17) is 16.2 Å². The van der Waals surface area contributed by atoms with Crippen LogP contribution in [0.2, 0.25) is 0 Å². The summed E-state index contributed by atoms with van der Waals surface area (Å²) in [6, 6.07) is 4.77. The van der Waals surface area contributed by atoms with Crippen molar-refractivity contribution in [3.63, 3.8) is 0 Å². The number of anilines is 1. The minimum Gasteiger partial charge on any atom is -0.491 e. The summed E-state index contributed by atoms with van der Waals surface area (Å²) in [6.45, 7) is 4.63. The van der Waals surface area contributed by atoms with Gasteiger partial charge in [-0.15, -0.1) is 0 Å². The number of amides is 1. The van der Waals surface area contributed by atoms with E-state index in [0.29, 0.717) is 29.5 Å². The van der Waals surface area contributed by atoms with Gasteiger partial charge in [0.05, 0.1) is 12.3 Å². The summed E-state index contributed by atoms with van der Waals surface area (Å²) in [5.41, 5.74) is 11.8. The van der Waals surface area contributed by atoms with E-state index in [9.17, 15) is 4.79 Å². The zero-order chi connectivity index (χ0) is 11.4. The van der Waals surface area contributed by atoms with E-state index in [0.717, 1.165) is 0 Å². The maximum atomic E-state index is 10.9. The number of nitrogen functional groups attached to an aromatic ring is 1. The van der Waals surface area contributed by atoms with Crippen LogP contribution >= 0.6 is 0 Å². The Morgan fingerprint density at radius 1 is 1.47 bits per heavy atom. The van der Waals surface area contributed by atoms with Crippen molar-refractivity contribution in [1.82, 2.24) is 0 Å². The standard InChI is InChI=1S/C11H16N2O2/c1-7(2)6-15-10-5-8(11(13)14)3-4-9(10)12/h3-5,7H,6,12H2,1-2H3,(H2,13,14). The van der Waals surface area contributed by atoms with Gasteiger partial charge in [-0.05, 0) is 24.1 Å². The molecule has 0 spiro atoms. The van der Waals surface area contributed by atoms with Gasteiger partial charge in [0, 0.05) is 5.56 Å². The van der Waals surface area contributed by atoms with Gasteiger partial charge in [-0.1, -0.05) is 13.8 Å².